The molecule has 4 rings (SSSR count). The molecule has 24 heavy (non-hydrogen) atoms. The fourth-order valence-electron chi connectivity index (χ4n) is 4.42. The largest absolute Gasteiger partial charge is 0.361 e. The molecule has 2 aliphatic heterocycles. The predicted octanol–water partition coefficient (Wildman–Crippen LogP) is 2.07. The van der Waals surface area contributed by atoms with Crippen molar-refractivity contribution in [3.05, 3.63) is 17.0 Å². The van der Waals surface area contributed by atoms with E-state index in [9.17, 15) is 8.42 Å². The number of sulfonamides is 1. The molecule has 0 aromatic carbocycles. The molecule has 1 spiro atoms. The second-order valence-corrected chi connectivity index (χ2v) is 10.2. The van der Waals surface area contributed by atoms with Gasteiger partial charge in [-0.3, -0.25) is 4.90 Å². The third kappa shape index (κ3) is 2.91. The van der Waals surface area contributed by atoms with Crippen molar-refractivity contribution in [2.45, 2.75) is 57.7 Å². The number of aryl methyl sites for hydroxylation is 2. The van der Waals surface area contributed by atoms with E-state index in [-0.39, 0.29) is 10.7 Å². The Morgan fingerprint density at radius 1 is 1.21 bits per heavy atom. The zero-order valence-electron chi connectivity index (χ0n) is 14.6. The van der Waals surface area contributed by atoms with Gasteiger partial charge >= 0.3 is 0 Å². The molecule has 3 aliphatic rings. The van der Waals surface area contributed by atoms with Crippen LogP contribution in [0.1, 0.15) is 49.1 Å². The van der Waals surface area contributed by atoms with Gasteiger partial charge in [-0.2, -0.15) is 0 Å². The molecule has 3 fully saturated rings. The molecular formula is C17H27N3O3S. The average Bonchev–Trinajstić information content (AvgIpc) is 3.27. The Morgan fingerprint density at radius 3 is 2.67 bits per heavy atom. The molecule has 1 aromatic heterocycles. The first-order valence-corrected chi connectivity index (χ1v) is 10.5. The normalized spacial score (nSPS) is 29.6. The predicted molar refractivity (Wildman–Crippen MR) is 91.1 cm³/mol. The maximum Gasteiger partial charge on any atom is 0.217 e. The molecule has 0 radical (unpaired) electrons. The monoisotopic (exact) mass is 353 g/mol. The van der Waals surface area contributed by atoms with Gasteiger partial charge in [-0.15, -0.1) is 0 Å². The van der Waals surface area contributed by atoms with E-state index in [0.29, 0.717) is 13.1 Å². The van der Waals surface area contributed by atoms with E-state index in [1.54, 1.807) is 4.31 Å². The first-order chi connectivity index (χ1) is 11.4. The zero-order valence-corrected chi connectivity index (χ0v) is 15.4. The Bertz CT molecular complexity index is 706. The molecule has 1 saturated carbocycles. The number of hydrogen-bond acceptors (Lipinski definition) is 5. The van der Waals surface area contributed by atoms with Crippen LogP contribution in [0, 0.1) is 19.3 Å². The summed E-state index contributed by atoms with van der Waals surface area (Å²) in [4.78, 5) is 2.46. The minimum atomic E-state index is -3.03. The van der Waals surface area contributed by atoms with Crippen LogP contribution in [0.4, 0.5) is 0 Å². The summed E-state index contributed by atoms with van der Waals surface area (Å²) in [5.41, 5.74) is 2.29. The lowest BCUT2D eigenvalue weighted by molar-refractivity contribution is 0.0930. The van der Waals surface area contributed by atoms with Crippen LogP contribution >= 0.6 is 0 Å². The van der Waals surface area contributed by atoms with Crippen molar-refractivity contribution >= 4 is 10.0 Å². The lowest BCUT2D eigenvalue weighted by Crippen LogP contribution is -2.45. The Hall–Kier alpha value is -0.920. The SMILES string of the molecule is Cc1noc(C)c1CN1CCC[C@]2(CCN(S(=O)(=O)C3CC3)C2)C1. The number of nitrogens with zero attached hydrogens (tertiary/aromatic N) is 3. The first-order valence-electron chi connectivity index (χ1n) is 9.03. The topological polar surface area (TPSA) is 66.7 Å². The van der Waals surface area contributed by atoms with Gasteiger partial charge in [-0.25, -0.2) is 12.7 Å². The summed E-state index contributed by atoms with van der Waals surface area (Å²) in [5.74, 6) is 0.900. The molecule has 3 heterocycles. The van der Waals surface area contributed by atoms with Crippen molar-refractivity contribution in [2.24, 2.45) is 5.41 Å². The Balaban J connectivity index is 1.45. The van der Waals surface area contributed by atoms with Gasteiger partial charge in [0, 0.05) is 31.7 Å². The van der Waals surface area contributed by atoms with Crippen molar-refractivity contribution in [2.75, 3.05) is 26.2 Å². The van der Waals surface area contributed by atoms with Crippen LogP contribution in [0.5, 0.6) is 0 Å². The molecule has 0 unspecified atom stereocenters. The standard InChI is InChI=1S/C17H27N3O3S/c1-13-16(14(2)23-18-13)10-19-8-3-6-17(11-19)7-9-20(12-17)24(21,22)15-4-5-15/h15H,3-12H2,1-2H3/t17-/m0/s1. The number of hydrogen-bond donors (Lipinski definition) is 0. The highest BCUT2D eigenvalue weighted by atomic mass is 32.2. The Kier molecular flexibility index (Phi) is 4.01. The van der Waals surface area contributed by atoms with E-state index >= 15 is 0 Å². The van der Waals surface area contributed by atoms with Crippen LogP contribution in [0.3, 0.4) is 0 Å². The molecular weight excluding hydrogens is 326 g/mol. The second-order valence-electron chi connectivity index (χ2n) is 7.94. The first kappa shape index (κ1) is 16.5. The van der Waals surface area contributed by atoms with Gasteiger partial charge in [0.05, 0.1) is 10.9 Å². The fraction of sp³-hybridized carbons (Fsp3) is 0.824. The lowest BCUT2D eigenvalue weighted by Gasteiger charge is -2.40. The highest BCUT2D eigenvalue weighted by Gasteiger charge is 2.48. The van der Waals surface area contributed by atoms with E-state index in [0.717, 1.165) is 63.2 Å². The minimum Gasteiger partial charge on any atom is -0.361 e. The van der Waals surface area contributed by atoms with Crippen LogP contribution < -0.4 is 0 Å². The molecule has 2 saturated heterocycles. The third-order valence-electron chi connectivity index (χ3n) is 6.01. The number of piperidine rings is 1. The van der Waals surface area contributed by atoms with Crippen LogP contribution in [-0.2, 0) is 16.6 Å². The minimum absolute atomic E-state index is 0.0883. The van der Waals surface area contributed by atoms with Crippen molar-refractivity contribution < 1.29 is 12.9 Å². The molecule has 134 valence electrons. The van der Waals surface area contributed by atoms with Gasteiger partial charge < -0.3 is 4.52 Å². The second kappa shape index (κ2) is 5.81. The number of aromatic nitrogens is 1. The lowest BCUT2D eigenvalue weighted by atomic mass is 9.79. The van der Waals surface area contributed by atoms with E-state index in [4.69, 9.17) is 4.52 Å². The Morgan fingerprint density at radius 2 is 2.00 bits per heavy atom. The van der Waals surface area contributed by atoms with Crippen molar-refractivity contribution in [3.8, 4) is 0 Å². The average molecular weight is 353 g/mol. The summed E-state index contributed by atoms with van der Waals surface area (Å²) in [5, 5.41) is 3.96. The van der Waals surface area contributed by atoms with Crippen LogP contribution in [0.2, 0.25) is 0 Å². The Labute approximate surface area is 144 Å². The van der Waals surface area contributed by atoms with Crippen molar-refractivity contribution in [3.63, 3.8) is 0 Å². The third-order valence-corrected chi connectivity index (χ3v) is 8.36. The summed E-state index contributed by atoms with van der Waals surface area (Å²) in [6.45, 7) is 8.29. The van der Waals surface area contributed by atoms with Crippen LogP contribution in [-0.4, -0.2) is 54.2 Å². The molecule has 0 amide bonds. The van der Waals surface area contributed by atoms with Crippen molar-refractivity contribution in [1.29, 1.82) is 0 Å². The van der Waals surface area contributed by atoms with Gasteiger partial charge in [0.2, 0.25) is 10.0 Å². The van der Waals surface area contributed by atoms with Crippen LogP contribution in [0.15, 0.2) is 4.52 Å². The van der Waals surface area contributed by atoms with Gasteiger partial charge in [0.15, 0.2) is 0 Å². The highest BCUT2D eigenvalue weighted by molar-refractivity contribution is 7.90. The molecule has 1 atom stereocenters. The summed E-state index contributed by atoms with van der Waals surface area (Å²) < 4.78 is 32.1. The summed E-state index contributed by atoms with van der Waals surface area (Å²) in [6, 6.07) is 0. The quantitative estimate of drug-likeness (QED) is 0.829. The molecule has 7 heteroatoms. The molecule has 6 nitrogen and oxygen atoms in total. The van der Waals surface area contributed by atoms with Gasteiger partial charge in [0.25, 0.3) is 0 Å². The molecule has 1 aliphatic carbocycles. The van der Waals surface area contributed by atoms with E-state index in [1.807, 2.05) is 13.8 Å². The van der Waals surface area contributed by atoms with E-state index in [2.05, 4.69) is 10.1 Å². The summed E-state index contributed by atoms with van der Waals surface area (Å²) in [7, 11) is -3.03. The maximum atomic E-state index is 12.5. The summed E-state index contributed by atoms with van der Waals surface area (Å²) >= 11 is 0. The number of likely N-dealkylation sites (tertiary alicyclic amines) is 1. The van der Waals surface area contributed by atoms with Crippen molar-refractivity contribution in [1.82, 2.24) is 14.4 Å². The highest BCUT2D eigenvalue weighted by Crippen LogP contribution is 2.43. The van der Waals surface area contributed by atoms with E-state index < -0.39 is 10.0 Å². The molecule has 0 N–H and O–H groups in total. The van der Waals surface area contributed by atoms with Gasteiger partial charge in [0.1, 0.15) is 5.76 Å². The number of rotatable bonds is 4. The smallest absolute Gasteiger partial charge is 0.217 e. The summed E-state index contributed by atoms with van der Waals surface area (Å²) in [6.07, 6.45) is 4.98. The van der Waals surface area contributed by atoms with Crippen LogP contribution in [0.25, 0.3) is 0 Å². The van der Waals surface area contributed by atoms with E-state index in [1.165, 1.54) is 5.56 Å². The van der Waals surface area contributed by atoms with Gasteiger partial charge in [-0.05, 0) is 57.9 Å². The van der Waals surface area contributed by atoms with Gasteiger partial charge in [-0.1, -0.05) is 5.16 Å². The molecule has 0 bridgehead atoms. The zero-order chi connectivity index (χ0) is 16.9. The molecule has 1 aromatic rings. The maximum absolute atomic E-state index is 12.5. The fourth-order valence-corrected chi connectivity index (χ4v) is 6.37.